The highest BCUT2D eigenvalue weighted by Gasteiger charge is 2.26. The Balaban J connectivity index is 1.59. The average Bonchev–Trinajstić information content (AvgIpc) is 3.16. The Bertz CT molecular complexity index is 760. The van der Waals surface area contributed by atoms with Crippen molar-refractivity contribution in [2.24, 2.45) is 0 Å². The first-order chi connectivity index (χ1) is 10.3. The first kappa shape index (κ1) is 12.2. The van der Waals surface area contributed by atoms with E-state index >= 15 is 0 Å². The van der Waals surface area contributed by atoms with Gasteiger partial charge in [-0.1, -0.05) is 5.16 Å². The minimum Gasteiger partial charge on any atom is -0.339 e. The van der Waals surface area contributed by atoms with E-state index in [1.165, 1.54) is 11.3 Å². The van der Waals surface area contributed by atoms with E-state index in [0.717, 1.165) is 25.0 Å². The molecule has 0 fully saturated rings. The van der Waals surface area contributed by atoms with E-state index in [0.29, 0.717) is 17.4 Å². The molecule has 4 rings (SSSR count). The molecule has 3 aromatic rings. The number of aromatic nitrogens is 6. The number of aromatic amines is 1. The van der Waals surface area contributed by atoms with E-state index in [-0.39, 0.29) is 5.92 Å². The van der Waals surface area contributed by atoms with Crippen LogP contribution in [0.4, 0.5) is 0 Å². The molecular formula is C14H14N6O. The fourth-order valence-electron chi connectivity index (χ4n) is 2.64. The van der Waals surface area contributed by atoms with Crippen molar-refractivity contribution in [2.45, 2.75) is 32.1 Å². The third-order valence-electron chi connectivity index (χ3n) is 3.82. The molecule has 1 atom stereocenters. The molecule has 1 N–H and O–H groups in total. The molecule has 0 saturated heterocycles. The van der Waals surface area contributed by atoms with E-state index in [9.17, 15) is 0 Å². The fraction of sp³-hybridized carbons (Fsp3) is 0.357. The molecule has 0 aliphatic heterocycles. The van der Waals surface area contributed by atoms with Crippen molar-refractivity contribution in [1.82, 2.24) is 30.3 Å². The van der Waals surface area contributed by atoms with Crippen molar-refractivity contribution in [3.8, 4) is 11.5 Å². The Kier molecular flexibility index (Phi) is 2.77. The quantitative estimate of drug-likeness (QED) is 0.770. The van der Waals surface area contributed by atoms with Gasteiger partial charge in [0, 0.05) is 17.8 Å². The third kappa shape index (κ3) is 2.20. The van der Waals surface area contributed by atoms with Gasteiger partial charge in [0.25, 0.3) is 0 Å². The van der Waals surface area contributed by atoms with Crippen LogP contribution < -0.4 is 0 Å². The Hall–Kier alpha value is -2.57. The smallest absolute Gasteiger partial charge is 0.230 e. The zero-order chi connectivity index (χ0) is 14.2. The molecule has 1 unspecified atom stereocenters. The Morgan fingerprint density at radius 1 is 1.24 bits per heavy atom. The number of H-pyrrole nitrogens is 1. The summed E-state index contributed by atoms with van der Waals surface area (Å²) < 4.78 is 5.42. The van der Waals surface area contributed by atoms with Gasteiger partial charge in [0.15, 0.2) is 0 Å². The number of nitrogens with zero attached hydrogens (tertiary/aromatic N) is 5. The van der Waals surface area contributed by atoms with Crippen molar-refractivity contribution >= 4 is 0 Å². The van der Waals surface area contributed by atoms with Crippen molar-refractivity contribution in [2.75, 3.05) is 0 Å². The van der Waals surface area contributed by atoms with E-state index in [4.69, 9.17) is 4.52 Å². The number of hydrogen-bond donors (Lipinski definition) is 1. The van der Waals surface area contributed by atoms with Gasteiger partial charge >= 0.3 is 0 Å². The minimum atomic E-state index is 0.245. The van der Waals surface area contributed by atoms with Crippen LogP contribution in [-0.4, -0.2) is 30.3 Å². The van der Waals surface area contributed by atoms with Gasteiger partial charge in [0.05, 0.1) is 18.1 Å². The van der Waals surface area contributed by atoms with Crippen molar-refractivity contribution in [3.05, 3.63) is 41.4 Å². The highest BCUT2D eigenvalue weighted by molar-refractivity contribution is 5.46. The van der Waals surface area contributed by atoms with Crippen LogP contribution in [0.25, 0.3) is 11.5 Å². The molecule has 0 bridgehead atoms. The second-order valence-corrected chi connectivity index (χ2v) is 5.31. The lowest BCUT2D eigenvalue weighted by Crippen LogP contribution is -2.12. The molecule has 0 amide bonds. The Morgan fingerprint density at radius 2 is 2.19 bits per heavy atom. The molecule has 0 spiro atoms. The lowest BCUT2D eigenvalue weighted by Gasteiger charge is -2.17. The molecule has 3 heterocycles. The molecule has 0 radical (unpaired) electrons. The van der Waals surface area contributed by atoms with Crippen LogP contribution in [0, 0.1) is 6.92 Å². The van der Waals surface area contributed by atoms with Gasteiger partial charge in [-0.05, 0) is 31.7 Å². The maximum Gasteiger partial charge on any atom is 0.230 e. The number of rotatable bonds is 2. The van der Waals surface area contributed by atoms with Gasteiger partial charge in [-0.25, -0.2) is 4.98 Å². The molecule has 3 aromatic heterocycles. The molecule has 21 heavy (non-hydrogen) atoms. The summed E-state index contributed by atoms with van der Waals surface area (Å²) in [4.78, 5) is 13.0. The summed E-state index contributed by atoms with van der Waals surface area (Å²) in [5, 5.41) is 11.1. The summed E-state index contributed by atoms with van der Waals surface area (Å²) in [5.74, 6) is 1.41. The lowest BCUT2D eigenvalue weighted by molar-refractivity contribution is 0.340. The standard InChI is InChI=1S/C14H14N6O/c1-8-5-16-12(7-15-8)13-18-14(21-20-13)9-2-3-11-10(4-9)6-17-19-11/h5-7,9H,2-4H2,1H3,(H,17,19). The number of hydrogen-bond acceptors (Lipinski definition) is 6. The van der Waals surface area contributed by atoms with Crippen molar-refractivity contribution < 1.29 is 4.52 Å². The maximum atomic E-state index is 5.42. The number of nitrogens with one attached hydrogen (secondary N) is 1. The van der Waals surface area contributed by atoms with E-state index in [2.05, 4.69) is 30.3 Å². The number of aryl methyl sites for hydroxylation is 2. The molecule has 0 aromatic carbocycles. The summed E-state index contributed by atoms with van der Waals surface area (Å²) in [6.45, 7) is 1.89. The average molecular weight is 282 g/mol. The van der Waals surface area contributed by atoms with Crippen LogP contribution in [-0.2, 0) is 12.8 Å². The second kappa shape index (κ2) is 4.76. The largest absolute Gasteiger partial charge is 0.339 e. The molecule has 7 heteroatoms. The molecule has 106 valence electrons. The summed E-state index contributed by atoms with van der Waals surface area (Å²) in [7, 11) is 0. The molecule has 1 aliphatic rings. The topological polar surface area (TPSA) is 93.4 Å². The predicted molar refractivity (Wildman–Crippen MR) is 73.4 cm³/mol. The van der Waals surface area contributed by atoms with Crippen molar-refractivity contribution in [3.63, 3.8) is 0 Å². The molecule has 1 aliphatic carbocycles. The first-order valence-electron chi connectivity index (χ1n) is 6.93. The van der Waals surface area contributed by atoms with Gasteiger partial charge < -0.3 is 4.52 Å². The number of fused-ring (bicyclic) bond motifs is 1. The highest BCUT2D eigenvalue weighted by Crippen LogP contribution is 2.31. The van der Waals surface area contributed by atoms with Gasteiger partial charge in [-0.2, -0.15) is 10.1 Å². The maximum absolute atomic E-state index is 5.42. The monoisotopic (exact) mass is 282 g/mol. The van der Waals surface area contributed by atoms with E-state index in [1.54, 1.807) is 12.4 Å². The van der Waals surface area contributed by atoms with Crippen LogP contribution in [0.15, 0.2) is 23.1 Å². The van der Waals surface area contributed by atoms with E-state index < -0.39 is 0 Å². The molecular weight excluding hydrogens is 268 g/mol. The molecule has 7 nitrogen and oxygen atoms in total. The summed E-state index contributed by atoms with van der Waals surface area (Å²) in [5.41, 5.74) is 3.95. The van der Waals surface area contributed by atoms with Crippen LogP contribution in [0.1, 0.15) is 35.2 Å². The SMILES string of the molecule is Cc1cnc(-c2noc(C3CCc4[nH]ncc4C3)n2)cn1. The Labute approximate surface area is 120 Å². The van der Waals surface area contributed by atoms with Gasteiger partial charge in [0.1, 0.15) is 5.69 Å². The van der Waals surface area contributed by atoms with Crippen LogP contribution in [0.2, 0.25) is 0 Å². The zero-order valence-corrected chi connectivity index (χ0v) is 11.6. The minimum absolute atomic E-state index is 0.245. The van der Waals surface area contributed by atoms with Gasteiger partial charge in [-0.15, -0.1) is 0 Å². The lowest BCUT2D eigenvalue weighted by atomic mass is 9.88. The van der Waals surface area contributed by atoms with Gasteiger partial charge in [-0.3, -0.25) is 10.1 Å². The van der Waals surface area contributed by atoms with Crippen LogP contribution in [0.5, 0.6) is 0 Å². The summed E-state index contributed by atoms with van der Waals surface area (Å²) >= 11 is 0. The zero-order valence-electron chi connectivity index (χ0n) is 11.6. The summed E-state index contributed by atoms with van der Waals surface area (Å²) in [6, 6.07) is 0. The highest BCUT2D eigenvalue weighted by atomic mass is 16.5. The Morgan fingerprint density at radius 3 is 3.05 bits per heavy atom. The summed E-state index contributed by atoms with van der Waals surface area (Å²) in [6.07, 6.45) is 8.07. The first-order valence-corrected chi connectivity index (χ1v) is 6.93. The normalized spacial score (nSPS) is 17.7. The molecule has 0 saturated carbocycles. The fourth-order valence-corrected chi connectivity index (χ4v) is 2.64. The second-order valence-electron chi connectivity index (χ2n) is 5.31. The van der Waals surface area contributed by atoms with Crippen LogP contribution >= 0.6 is 0 Å². The van der Waals surface area contributed by atoms with Crippen LogP contribution in [0.3, 0.4) is 0 Å². The van der Waals surface area contributed by atoms with Crippen molar-refractivity contribution in [1.29, 1.82) is 0 Å². The predicted octanol–water partition coefficient (Wildman–Crippen LogP) is 1.83. The van der Waals surface area contributed by atoms with E-state index in [1.807, 2.05) is 13.1 Å². The third-order valence-corrected chi connectivity index (χ3v) is 3.82. The van der Waals surface area contributed by atoms with Gasteiger partial charge in [0.2, 0.25) is 11.7 Å².